The summed E-state index contributed by atoms with van der Waals surface area (Å²) in [6.07, 6.45) is 2.70. The molecular formula is C25H30ClFN4O3. The van der Waals surface area contributed by atoms with Crippen molar-refractivity contribution in [2.75, 3.05) is 6.61 Å². The molecule has 2 amide bonds. The van der Waals surface area contributed by atoms with Crippen LogP contribution in [0.2, 0.25) is 5.02 Å². The van der Waals surface area contributed by atoms with Gasteiger partial charge in [0, 0.05) is 22.7 Å². The molecule has 2 aromatic rings. The van der Waals surface area contributed by atoms with Crippen molar-refractivity contribution in [3.8, 4) is 0 Å². The number of hydrogen-bond acceptors (Lipinski definition) is 4. The van der Waals surface area contributed by atoms with Crippen LogP contribution in [0.3, 0.4) is 0 Å². The van der Waals surface area contributed by atoms with Crippen LogP contribution in [0.4, 0.5) is 9.18 Å². The number of rotatable bonds is 6. The fraction of sp³-hybridized carbons (Fsp3) is 0.400. The molecule has 0 unspecified atom stereocenters. The Morgan fingerprint density at radius 1 is 1.09 bits per heavy atom. The largest absolute Gasteiger partial charge is 0.450 e. The fourth-order valence-corrected chi connectivity index (χ4v) is 3.97. The number of guanidine groups is 1. The number of aryl methyl sites for hydroxylation is 1. The Kier molecular flexibility index (Phi) is 9.27. The summed E-state index contributed by atoms with van der Waals surface area (Å²) < 4.78 is 18.9. The molecule has 0 saturated heterocycles. The maximum absolute atomic E-state index is 14.0. The second kappa shape index (κ2) is 12.4. The minimum Gasteiger partial charge on any atom is -0.450 e. The second-order valence-electron chi connectivity index (χ2n) is 8.27. The van der Waals surface area contributed by atoms with E-state index in [0.29, 0.717) is 29.7 Å². The number of carbonyl (C=O) groups is 2. The third kappa shape index (κ3) is 7.73. The van der Waals surface area contributed by atoms with E-state index in [1.54, 1.807) is 32.0 Å². The maximum Gasteiger partial charge on any atom is 0.407 e. The number of amides is 2. The lowest BCUT2D eigenvalue weighted by atomic mass is 9.91. The molecule has 9 heteroatoms. The van der Waals surface area contributed by atoms with Crippen LogP contribution in [0.1, 0.15) is 54.1 Å². The zero-order chi connectivity index (χ0) is 24.5. The molecule has 1 saturated carbocycles. The van der Waals surface area contributed by atoms with Crippen molar-refractivity contribution in [2.24, 2.45) is 4.99 Å². The highest BCUT2D eigenvalue weighted by Gasteiger charge is 2.24. The van der Waals surface area contributed by atoms with E-state index in [0.717, 1.165) is 31.2 Å². The normalized spacial score (nSPS) is 18.2. The molecule has 0 radical (unpaired) electrons. The highest BCUT2D eigenvalue weighted by Crippen LogP contribution is 2.19. The molecule has 1 aliphatic rings. The van der Waals surface area contributed by atoms with Gasteiger partial charge in [-0.25, -0.2) is 14.2 Å². The van der Waals surface area contributed by atoms with E-state index in [4.69, 9.17) is 16.3 Å². The van der Waals surface area contributed by atoms with Gasteiger partial charge >= 0.3 is 6.09 Å². The van der Waals surface area contributed by atoms with E-state index in [1.165, 1.54) is 6.07 Å². The zero-order valence-electron chi connectivity index (χ0n) is 19.4. The lowest BCUT2D eigenvalue weighted by Gasteiger charge is -2.30. The number of hydrogen-bond donors (Lipinski definition) is 3. The first-order chi connectivity index (χ1) is 16.3. The van der Waals surface area contributed by atoms with Gasteiger partial charge in [-0.1, -0.05) is 29.8 Å². The number of nitrogens with one attached hydrogen (secondary N) is 3. The molecular weight excluding hydrogens is 459 g/mol. The molecule has 0 spiro atoms. The van der Waals surface area contributed by atoms with Gasteiger partial charge in [-0.3, -0.25) is 10.1 Å². The lowest BCUT2D eigenvalue weighted by Crippen LogP contribution is -2.49. The number of aliphatic imine (C=N–C) groups is 1. The van der Waals surface area contributed by atoms with E-state index in [9.17, 15) is 14.0 Å². The van der Waals surface area contributed by atoms with E-state index in [1.807, 2.05) is 18.2 Å². The SMILES string of the molecule is CCOC(=O)NC1CCC(NC(=NCc2cccc(Cl)c2)NC(=O)c2ccc(C)c(F)c2)CC1. The molecule has 0 aliphatic heterocycles. The van der Waals surface area contributed by atoms with E-state index in [-0.39, 0.29) is 17.6 Å². The number of halogens is 2. The molecule has 7 nitrogen and oxygen atoms in total. The predicted octanol–water partition coefficient (Wildman–Crippen LogP) is 4.72. The van der Waals surface area contributed by atoms with Gasteiger partial charge in [-0.05, 0) is 74.9 Å². The molecule has 182 valence electrons. The van der Waals surface area contributed by atoms with E-state index in [2.05, 4.69) is 20.9 Å². The average Bonchev–Trinajstić information content (AvgIpc) is 2.80. The van der Waals surface area contributed by atoms with Gasteiger partial charge in [-0.2, -0.15) is 0 Å². The first-order valence-electron chi connectivity index (χ1n) is 11.4. The first kappa shape index (κ1) is 25.5. The summed E-state index contributed by atoms with van der Waals surface area (Å²) in [5, 5.41) is 9.57. The summed E-state index contributed by atoms with van der Waals surface area (Å²) in [5.41, 5.74) is 1.57. The monoisotopic (exact) mass is 488 g/mol. The maximum atomic E-state index is 14.0. The number of nitrogens with zero attached hydrogens (tertiary/aromatic N) is 1. The van der Waals surface area contributed by atoms with Gasteiger partial charge in [-0.15, -0.1) is 0 Å². The molecule has 1 fully saturated rings. The third-order valence-corrected chi connectivity index (χ3v) is 5.88. The standard InChI is InChI=1S/C25H30ClFN4O3/c1-3-34-25(33)30-21-11-9-20(10-12-21)29-24(28-15-17-5-4-6-19(26)13-17)31-23(32)18-8-7-16(2)22(27)14-18/h4-8,13-14,20-21H,3,9-12,15H2,1-2H3,(H,30,33)(H2,28,29,31,32). The minimum atomic E-state index is -0.450. The Morgan fingerprint density at radius 3 is 2.44 bits per heavy atom. The summed E-state index contributed by atoms with van der Waals surface area (Å²) >= 11 is 6.07. The third-order valence-electron chi connectivity index (χ3n) is 5.64. The first-order valence-corrected chi connectivity index (χ1v) is 11.8. The van der Waals surface area contributed by atoms with Crippen molar-refractivity contribution in [1.82, 2.24) is 16.0 Å². The molecule has 0 heterocycles. The highest BCUT2D eigenvalue weighted by atomic mass is 35.5. The van der Waals surface area contributed by atoms with Crippen molar-refractivity contribution >= 4 is 29.6 Å². The quantitative estimate of drug-likeness (QED) is 0.405. The van der Waals surface area contributed by atoms with Crippen molar-refractivity contribution in [1.29, 1.82) is 0 Å². The van der Waals surface area contributed by atoms with E-state index < -0.39 is 17.8 Å². The van der Waals surface area contributed by atoms with Gasteiger partial charge < -0.3 is 15.4 Å². The summed E-state index contributed by atoms with van der Waals surface area (Å²) in [4.78, 5) is 29.0. The van der Waals surface area contributed by atoms with Crippen LogP contribution in [0.25, 0.3) is 0 Å². The molecule has 2 aromatic carbocycles. The Morgan fingerprint density at radius 2 is 1.79 bits per heavy atom. The summed E-state index contributed by atoms with van der Waals surface area (Å²) in [6.45, 7) is 4.05. The molecule has 3 N–H and O–H groups in total. The fourth-order valence-electron chi connectivity index (χ4n) is 3.76. The van der Waals surface area contributed by atoms with Gasteiger partial charge in [0.25, 0.3) is 5.91 Å². The van der Waals surface area contributed by atoms with Crippen LogP contribution in [0.5, 0.6) is 0 Å². The predicted molar refractivity (Wildman–Crippen MR) is 131 cm³/mol. The zero-order valence-corrected chi connectivity index (χ0v) is 20.1. The van der Waals surface area contributed by atoms with Crippen LogP contribution in [0.15, 0.2) is 47.5 Å². The van der Waals surface area contributed by atoms with Crippen molar-refractivity contribution < 1.29 is 18.7 Å². The van der Waals surface area contributed by atoms with Crippen LogP contribution < -0.4 is 16.0 Å². The molecule has 0 bridgehead atoms. The Balaban J connectivity index is 1.66. The number of alkyl carbamates (subject to hydrolysis) is 1. The number of carbonyl (C=O) groups excluding carboxylic acids is 2. The molecule has 0 aromatic heterocycles. The van der Waals surface area contributed by atoms with Crippen LogP contribution in [-0.2, 0) is 11.3 Å². The average molecular weight is 489 g/mol. The van der Waals surface area contributed by atoms with Gasteiger partial charge in [0.2, 0.25) is 0 Å². The minimum absolute atomic E-state index is 0.0501. The van der Waals surface area contributed by atoms with Gasteiger partial charge in [0.1, 0.15) is 5.82 Å². The Labute approximate surface area is 204 Å². The molecule has 0 atom stereocenters. The molecule has 1 aliphatic carbocycles. The topological polar surface area (TPSA) is 91.8 Å². The van der Waals surface area contributed by atoms with Gasteiger partial charge in [0.05, 0.1) is 13.2 Å². The van der Waals surface area contributed by atoms with Crippen LogP contribution in [0, 0.1) is 12.7 Å². The molecule has 34 heavy (non-hydrogen) atoms. The molecule has 3 rings (SSSR count). The Hall–Kier alpha value is -3.13. The van der Waals surface area contributed by atoms with Crippen LogP contribution >= 0.6 is 11.6 Å². The van der Waals surface area contributed by atoms with Crippen LogP contribution in [-0.4, -0.2) is 36.7 Å². The van der Waals surface area contributed by atoms with Gasteiger partial charge in [0.15, 0.2) is 5.96 Å². The smallest absolute Gasteiger partial charge is 0.407 e. The van der Waals surface area contributed by atoms with Crippen molar-refractivity contribution in [2.45, 2.75) is 58.2 Å². The second-order valence-corrected chi connectivity index (χ2v) is 8.71. The number of benzene rings is 2. The van der Waals surface area contributed by atoms with Crippen molar-refractivity contribution in [3.05, 3.63) is 70.0 Å². The number of ether oxygens (including phenoxy) is 1. The highest BCUT2D eigenvalue weighted by molar-refractivity contribution is 6.30. The lowest BCUT2D eigenvalue weighted by molar-refractivity contribution is 0.0974. The summed E-state index contributed by atoms with van der Waals surface area (Å²) in [5.74, 6) is -0.577. The summed E-state index contributed by atoms with van der Waals surface area (Å²) in [7, 11) is 0. The van der Waals surface area contributed by atoms with Crippen molar-refractivity contribution in [3.63, 3.8) is 0 Å². The summed E-state index contributed by atoms with van der Waals surface area (Å²) in [6, 6.07) is 11.8. The van der Waals surface area contributed by atoms with E-state index >= 15 is 0 Å². The Bertz CT molecular complexity index is 1040.